The van der Waals surface area contributed by atoms with E-state index < -0.39 is 0 Å². The summed E-state index contributed by atoms with van der Waals surface area (Å²) in [6, 6.07) is 7.74. The Bertz CT molecular complexity index is 466. The minimum Gasteiger partial charge on any atom is -0.417 e. The van der Waals surface area contributed by atoms with Crippen molar-refractivity contribution in [3.05, 3.63) is 41.8 Å². The van der Waals surface area contributed by atoms with Gasteiger partial charge in [0.15, 0.2) is 0 Å². The highest BCUT2D eigenvalue weighted by atomic mass is 16.6. The molecule has 0 radical (unpaired) electrons. The van der Waals surface area contributed by atoms with Crippen molar-refractivity contribution in [3.63, 3.8) is 0 Å². The SMILES string of the molecule is CNCc1coc(Oc2ccccc2C)n1. The summed E-state index contributed by atoms with van der Waals surface area (Å²) < 4.78 is 10.7. The fourth-order valence-corrected chi connectivity index (χ4v) is 1.36. The molecule has 0 saturated carbocycles. The van der Waals surface area contributed by atoms with Crippen molar-refractivity contribution >= 4 is 0 Å². The van der Waals surface area contributed by atoms with E-state index in [1.165, 1.54) is 0 Å². The summed E-state index contributed by atoms with van der Waals surface area (Å²) in [5, 5.41) is 2.99. The number of hydrogen-bond acceptors (Lipinski definition) is 4. The van der Waals surface area contributed by atoms with Gasteiger partial charge >= 0.3 is 6.08 Å². The maximum absolute atomic E-state index is 5.53. The molecule has 0 fully saturated rings. The Balaban J connectivity index is 2.11. The van der Waals surface area contributed by atoms with Crippen molar-refractivity contribution in [2.75, 3.05) is 7.05 Å². The van der Waals surface area contributed by atoms with E-state index in [-0.39, 0.29) is 6.08 Å². The van der Waals surface area contributed by atoms with Crippen molar-refractivity contribution in [1.82, 2.24) is 10.3 Å². The zero-order chi connectivity index (χ0) is 11.4. The first kappa shape index (κ1) is 10.7. The lowest BCUT2D eigenvalue weighted by atomic mass is 10.2. The minimum absolute atomic E-state index is 0.277. The van der Waals surface area contributed by atoms with Crippen LogP contribution < -0.4 is 10.1 Å². The van der Waals surface area contributed by atoms with Crippen LogP contribution in [0.15, 0.2) is 34.9 Å². The number of aromatic nitrogens is 1. The third kappa shape index (κ3) is 2.41. The van der Waals surface area contributed by atoms with Crippen molar-refractivity contribution in [2.45, 2.75) is 13.5 Å². The normalized spacial score (nSPS) is 10.4. The fraction of sp³-hybridized carbons (Fsp3) is 0.250. The molecule has 0 bridgehead atoms. The molecule has 0 unspecified atom stereocenters. The van der Waals surface area contributed by atoms with Gasteiger partial charge in [0.1, 0.15) is 12.0 Å². The second-order valence-corrected chi connectivity index (χ2v) is 3.50. The lowest BCUT2D eigenvalue weighted by Gasteiger charge is -2.02. The smallest absolute Gasteiger partial charge is 0.399 e. The summed E-state index contributed by atoms with van der Waals surface area (Å²) in [7, 11) is 1.86. The second kappa shape index (κ2) is 4.81. The molecule has 16 heavy (non-hydrogen) atoms. The number of aryl methyl sites for hydroxylation is 1. The third-order valence-electron chi connectivity index (χ3n) is 2.18. The molecule has 4 nitrogen and oxygen atoms in total. The molecular weight excluding hydrogens is 204 g/mol. The Morgan fingerprint density at radius 1 is 1.38 bits per heavy atom. The average molecular weight is 218 g/mol. The van der Waals surface area contributed by atoms with Crippen molar-refractivity contribution in [1.29, 1.82) is 0 Å². The molecule has 2 aromatic rings. The third-order valence-corrected chi connectivity index (χ3v) is 2.18. The number of hydrogen-bond donors (Lipinski definition) is 1. The van der Waals surface area contributed by atoms with Gasteiger partial charge in [-0.25, -0.2) is 0 Å². The number of para-hydroxylation sites is 1. The highest BCUT2D eigenvalue weighted by Gasteiger charge is 2.06. The standard InChI is InChI=1S/C12H14N2O2/c1-9-5-3-4-6-11(9)16-12-14-10(7-13-2)8-15-12/h3-6,8,13H,7H2,1-2H3. The van der Waals surface area contributed by atoms with Crippen LogP contribution in [0, 0.1) is 6.92 Å². The van der Waals surface area contributed by atoms with E-state index in [1.807, 2.05) is 38.2 Å². The first-order valence-electron chi connectivity index (χ1n) is 5.12. The van der Waals surface area contributed by atoms with E-state index in [0.717, 1.165) is 17.0 Å². The summed E-state index contributed by atoms with van der Waals surface area (Å²) in [6.45, 7) is 2.65. The van der Waals surface area contributed by atoms with E-state index in [1.54, 1.807) is 6.26 Å². The van der Waals surface area contributed by atoms with Gasteiger partial charge < -0.3 is 14.5 Å². The first-order chi connectivity index (χ1) is 7.79. The fourth-order valence-electron chi connectivity index (χ4n) is 1.36. The van der Waals surface area contributed by atoms with Crippen LogP contribution in [0.2, 0.25) is 0 Å². The van der Waals surface area contributed by atoms with Crippen LogP contribution in [0.25, 0.3) is 0 Å². The summed E-state index contributed by atoms with van der Waals surface area (Å²) in [4.78, 5) is 4.18. The molecule has 1 aromatic carbocycles. The Kier molecular flexibility index (Phi) is 3.22. The van der Waals surface area contributed by atoms with Crippen LogP contribution in [0.5, 0.6) is 11.8 Å². The van der Waals surface area contributed by atoms with E-state index >= 15 is 0 Å². The number of rotatable bonds is 4. The molecule has 0 aliphatic rings. The van der Waals surface area contributed by atoms with Gasteiger partial charge in [0, 0.05) is 6.54 Å². The number of nitrogens with one attached hydrogen (secondary N) is 1. The number of ether oxygens (including phenoxy) is 1. The number of benzene rings is 1. The summed E-state index contributed by atoms with van der Waals surface area (Å²) in [5.74, 6) is 0.764. The van der Waals surface area contributed by atoms with E-state index in [0.29, 0.717) is 6.54 Å². The molecule has 84 valence electrons. The van der Waals surface area contributed by atoms with Gasteiger partial charge in [-0.2, -0.15) is 4.98 Å². The molecule has 2 rings (SSSR count). The van der Waals surface area contributed by atoms with Gasteiger partial charge in [-0.1, -0.05) is 18.2 Å². The summed E-state index contributed by atoms with van der Waals surface area (Å²) in [5.41, 5.74) is 1.88. The van der Waals surface area contributed by atoms with Crippen molar-refractivity contribution in [2.24, 2.45) is 0 Å². The lowest BCUT2D eigenvalue weighted by Crippen LogP contribution is -2.04. The van der Waals surface area contributed by atoms with Crippen LogP contribution in [-0.2, 0) is 6.54 Å². The summed E-state index contributed by atoms with van der Waals surface area (Å²) >= 11 is 0. The molecule has 0 aliphatic carbocycles. The Morgan fingerprint density at radius 2 is 2.19 bits per heavy atom. The zero-order valence-electron chi connectivity index (χ0n) is 9.36. The molecular formula is C12H14N2O2. The van der Waals surface area contributed by atoms with Crippen LogP contribution >= 0.6 is 0 Å². The van der Waals surface area contributed by atoms with Crippen LogP contribution in [0.1, 0.15) is 11.3 Å². The molecule has 0 spiro atoms. The zero-order valence-corrected chi connectivity index (χ0v) is 9.36. The van der Waals surface area contributed by atoms with Gasteiger partial charge in [-0.3, -0.25) is 0 Å². The van der Waals surface area contributed by atoms with Gasteiger partial charge in [-0.05, 0) is 25.6 Å². The largest absolute Gasteiger partial charge is 0.417 e. The molecule has 1 aromatic heterocycles. The maximum atomic E-state index is 5.53. The second-order valence-electron chi connectivity index (χ2n) is 3.50. The molecule has 0 atom stereocenters. The summed E-state index contributed by atoms with van der Waals surface area (Å²) in [6.07, 6.45) is 1.86. The van der Waals surface area contributed by atoms with E-state index in [2.05, 4.69) is 10.3 Å². The Labute approximate surface area is 94.3 Å². The topological polar surface area (TPSA) is 47.3 Å². The average Bonchev–Trinajstić information content (AvgIpc) is 2.70. The maximum Gasteiger partial charge on any atom is 0.399 e. The van der Waals surface area contributed by atoms with Gasteiger partial charge in [0.2, 0.25) is 0 Å². The molecule has 0 aliphatic heterocycles. The van der Waals surface area contributed by atoms with Gasteiger partial charge in [-0.15, -0.1) is 0 Å². The van der Waals surface area contributed by atoms with E-state index in [9.17, 15) is 0 Å². The molecule has 0 saturated heterocycles. The molecule has 1 N–H and O–H groups in total. The Morgan fingerprint density at radius 3 is 2.94 bits per heavy atom. The van der Waals surface area contributed by atoms with Crippen molar-refractivity contribution in [3.8, 4) is 11.8 Å². The quantitative estimate of drug-likeness (QED) is 0.856. The number of oxazole rings is 1. The van der Waals surface area contributed by atoms with Crippen LogP contribution in [0.4, 0.5) is 0 Å². The van der Waals surface area contributed by atoms with Crippen LogP contribution in [0.3, 0.4) is 0 Å². The molecule has 0 amide bonds. The van der Waals surface area contributed by atoms with Crippen molar-refractivity contribution < 1.29 is 9.15 Å². The van der Waals surface area contributed by atoms with Gasteiger partial charge in [0.05, 0.1) is 5.69 Å². The minimum atomic E-state index is 0.277. The molecule has 4 heteroatoms. The predicted molar refractivity (Wildman–Crippen MR) is 60.5 cm³/mol. The predicted octanol–water partition coefficient (Wildman–Crippen LogP) is 2.49. The highest BCUT2D eigenvalue weighted by Crippen LogP contribution is 2.23. The monoisotopic (exact) mass is 218 g/mol. The number of nitrogens with zero attached hydrogens (tertiary/aromatic N) is 1. The Hall–Kier alpha value is -1.81. The molecule has 1 heterocycles. The lowest BCUT2D eigenvalue weighted by molar-refractivity contribution is 0.329. The van der Waals surface area contributed by atoms with E-state index in [4.69, 9.17) is 9.15 Å². The highest BCUT2D eigenvalue weighted by molar-refractivity contribution is 5.33. The first-order valence-corrected chi connectivity index (χ1v) is 5.12. The van der Waals surface area contributed by atoms with Crippen LogP contribution in [-0.4, -0.2) is 12.0 Å². The van der Waals surface area contributed by atoms with Gasteiger partial charge in [0.25, 0.3) is 0 Å².